The van der Waals surface area contributed by atoms with Gasteiger partial charge in [0.05, 0.1) is 17.6 Å². The number of amides is 2. The van der Waals surface area contributed by atoms with Gasteiger partial charge in [0, 0.05) is 39.9 Å². The number of rotatable bonds is 25. The van der Waals surface area contributed by atoms with E-state index in [0.717, 1.165) is 88.2 Å². The molecule has 0 fully saturated rings. The molecule has 0 saturated heterocycles. The van der Waals surface area contributed by atoms with Crippen LogP contribution in [0.4, 0.5) is 4.39 Å². The second-order valence-electron chi connectivity index (χ2n) is 13.6. The third-order valence-corrected chi connectivity index (χ3v) is 9.16. The van der Waals surface area contributed by atoms with Crippen LogP contribution in [0, 0.1) is 5.82 Å². The van der Waals surface area contributed by atoms with Gasteiger partial charge in [-0.15, -0.1) is 0 Å². The van der Waals surface area contributed by atoms with Gasteiger partial charge in [-0.05, 0) is 92.7 Å². The van der Waals surface area contributed by atoms with Crippen molar-refractivity contribution in [3.05, 3.63) is 87.1 Å². The van der Waals surface area contributed by atoms with E-state index in [1.165, 1.54) is 28.7 Å². The fourth-order valence-electron chi connectivity index (χ4n) is 6.19. The molecule has 0 atom stereocenters. The van der Waals surface area contributed by atoms with E-state index in [4.69, 9.17) is 9.72 Å². The van der Waals surface area contributed by atoms with E-state index < -0.39 is 17.4 Å². The predicted octanol–water partition coefficient (Wildman–Crippen LogP) is 2.90. The van der Waals surface area contributed by atoms with Gasteiger partial charge in [-0.1, -0.05) is 69.2 Å². The number of methoxy groups -OCH3 is 1. The maximum atomic E-state index is 14.1. The van der Waals surface area contributed by atoms with E-state index in [2.05, 4.69) is 17.5 Å². The molecule has 0 radical (unpaired) electrons. The molecule has 3 rings (SSSR count). The van der Waals surface area contributed by atoms with E-state index in [1.807, 2.05) is 6.07 Å². The number of aromatic nitrogens is 2. The van der Waals surface area contributed by atoms with E-state index in [0.29, 0.717) is 42.5 Å². The first-order valence-corrected chi connectivity index (χ1v) is 18.7. The summed E-state index contributed by atoms with van der Waals surface area (Å²) in [7, 11) is 4.78. The zero-order valence-electron chi connectivity index (χ0n) is 32.2. The molecule has 0 aliphatic rings. The number of carboxylic acid groups (broad SMARTS) is 1. The van der Waals surface area contributed by atoms with Crippen molar-refractivity contribution >= 4 is 28.8 Å². The summed E-state index contributed by atoms with van der Waals surface area (Å²) in [4.78, 5) is 57.3. The molecule has 1 aromatic carbocycles. The summed E-state index contributed by atoms with van der Waals surface area (Å²) >= 11 is 0. The van der Waals surface area contributed by atoms with E-state index >= 15 is 0 Å². The molecule has 0 saturated carbocycles. The first-order chi connectivity index (χ1) is 25.1. The molecular weight excluding hydrogens is 686 g/mol. The fraction of sp³-hybridized carbons (Fsp3) is 0.537. The quantitative estimate of drug-likeness (QED) is 0.0803. The second kappa shape index (κ2) is 25.6. The summed E-state index contributed by atoms with van der Waals surface area (Å²) in [6, 6.07) is 8.06. The summed E-state index contributed by atoms with van der Waals surface area (Å²) in [5.74, 6) is -2.09. The Morgan fingerprint density at radius 2 is 1.51 bits per heavy atom. The standard InChI is InChI=1S/C41H57FN4O6.Na/c1-45(2)36(47)30-46-35-28-32(27-31-21-23-33(42)24-22-31)29-44-39(35)34(38(41(46)51)40(50)43-25-26-52-3)19-17-15-13-11-9-7-5-4-6-8-10-12-14-16-18-20-37(48)49;/h4,6,21-24,28-29H,5,7-20,25-27,30H2,1-3H3,(H,43,50)(H,48,49);/q;+1/p-1/b6-4-;. The van der Waals surface area contributed by atoms with Crippen LogP contribution in [-0.4, -0.2) is 66.6 Å². The van der Waals surface area contributed by atoms with Gasteiger partial charge < -0.3 is 24.9 Å². The zero-order chi connectivity index (χ0) is 37.7. The first-order valence-electron chi connectivity index (χ1n) is 18.7. The number of likely N-dealkylation sites (N-methyl/N-ethyl adjacent to an activating group) is 1. The maximum absolute atomic E-state index is 14.1. The topological polar surface area (TPSA) is 134 Å². The Balaban J connectivity index is 0.00000972. The second-order valence-corrected chi connectivity index (χ2v) is 13.6. The van der Waals surface area contributed by atoms with Crippen molar-refractivity contribution in [3.8, 4) is 0 Å². The van der Waals surface area contributed by atoms with Crippen LogP contribution in [0.1, 0.15) is 117 Å². The number of benzene rings is 1. The van der Waals surface area contributed by atoms with Crippen molar-refractivity contribution in [3.63, 3.8) is 0 Å². The molecule has 0 spiro atoms. The number of halogens is 1. The molecule has 0 aliphatic heterocycles. The number of aryl methyl sites for hydroxylation is 1. The smallest absolute Gasteiger partial charge is 0.550 e. The van der Waals surface area contributed by atoms with Crippen LogP contribution < -0.4 is 45.5 Å². The van der Waals surface area contributed by atoms with Crippen LogP contribution in [-0.2, 0) is 33.7 Å². The van der Waals surface area contributed by atoms with Gasteiger partial charge >= 0.3 is 29.6 Å². The summed E-state index contributed by atoms with van der Waals surface area (Å²) in [6.45, 7) is 0.279. The van der Waals surface area contributed by atoms with Crippen molar-refractivity contribution in [1.29, 1.82) is 0 Å². The van der Waals surface area contributed by atoms with Gasteiger partial charge in [0.1, 0.15) is 17.9 Å². The molecule has 3 aromatic rings. The summed E-state index contributed by atoms with van der Waals surface area (Å²) in [5.41, 5.74) is 2.75. The third kappa shape index (κ3) is 16.3. The molecule has 53 heavy (non-hydrogen) atoms. The average Bonchev–Trinajstić information content (AvgIpc) is 3.11. The summed E-state index contributed by atoms with van der Waals surface area (Å²) in [6.07, 6.45) is 20.5. The minimum absolute atomic E-state index is 0. The Morgan fingerprint density at radius 1 is 0.906 bits per heavy atom. The Hall–Kier alpha value is -3.38. The molecule has 12 heteroatoms. The van der Waals surface area contributed by atoms with Crippen LogP contribution in [0.2, 0.25) is 0 Å². The van der Waals surface area contributed by atoms with Crippen molar-refractivity contribution in [2.45, 2.75) is 109 Å². The molecule has 0 unspecified atom stereocenters. The molecule has 2 amide bonds. The monoisotopic (exact) mass is 742 g/mol. The minimum atomic E-state index is -0.963. The van der Waals surface area contributed by atoms with Crippen LogP contribution in [0.25, 0.3) is 11.0 Å². The summed E-state index contributed by atoms with van der Waals surface area (Å²) < 4.78 is 20.0. The Labute approximate surface area is 335 Å². The maximum Gasteiger partial charge on any atom is 1.00 e. The van der Waals surface area contributed by atoms with Crippen molar-refractivity contribution in [1.82, 2.24) is 19.8 Å². The number of ether oxygens (including phenoxy) is 1. The number of unbranched alkanes of at least 4 members (excludes halogenated alkanes) is 11. The first kappa shape index (κ1) is 45.8. The van der Waals surface area contributed by atoms with Gasteiger partial charge in [0.2, 0.25) is 5.91 Å². The average molecular weight is 743 g/mol. The third-order valence-electron chi connectivity index (χ3n) is 9.16. The number of nitrogens with zero attached hydrogens (tertiary/aromatic N) is 3. The van der Waals surface area contributed by atoms with Crippen molar-refractivity contribution in [2.75, 3.05) is 34.4 Å². The number of nitrogens with one attached hydrogen (secondary N) is 1. The van der Waals surface area contributed by atoms with Crippen LogP contribution >= 0.6 is 0 Å². The van der Waals surface area contributed by atoms with Crippen LogP contribution in [0.15, 0.2) is 53.5 Å². The van der Waals surface area contributed by atoms with Crippen LogP contribution in [0.3, 0.4) is 0 Å². The SMILES string of the molecule is COCCNC(=O)c1c(CCCCCCCC/C=C\CCCCCCCC(=O)[O-])c2ncc(Cc3ccc(F)cc3)cc2n(CC(=O)N(C)C)c1=O.[Na+]. The van der Waals surface area contributed by atoms with E-state index in [9.17, 15) is 28.7 Å². The predicted molar refractivity (Wildman–Crippen MR) is 201 cm³/mol. The molecule has 0 bridgehead atoms. The molecule has 10 nitrogen and oxygen atoms in total. The Bertz CT molecular complexity index is 1680. The molecule has 0 aliphatic carbocycles. The van der Waals surface area contributed by atoms with E-state index in [-0.39, 0.29) is 66.4 Å². The number of fused-ring (bicyclic) bond motifs is 1. The number of carbonyl (C=O) groups is 3. The number of carbonyl (C=O) groups excluding carboxylic acids is 3. The van der Waals surface area contributed by atoms with Gasteiger partial charge in [-0.2, -0.15) is 0 Å². The normalized spacial score (nSPS) is 11.2. The number of hydrogen-bond acceptors (Lipinski definition) is 7. The van der Waals surface area contributed by atoms with Gasteiger partial charge in [-0.25, -0.2) is 4.39 Å². The number of hydrogen-bond donors (Lipinski definition) is 1. The molecule has 2 aromatic heterocycles. The fourth-order valence-corrected chi connectivity index (χ4v) is 6.19. The summed E-state index contributed by atoms with van der Waals surface area (Å²) in [5, 5.41) is 13.3. The Kier molecular flexibility index (Phi) is 22.1. The van der Waals surface area contributed by atoms with Gasteiger partial charge in [-0.3, -0.25) is 23.9 Å². The Morgan fingerprint density at radius 3 is 2.11 bits per heavy atom. The number of allylic oxidation sites excluding steroid dienone is 2. The van der Waals surface area contributed by atoms with Crippen LogP contribution in [0.5, 0.6) is 0 Å². The number of aliphatic carboxylic acids is 1. The van der Waals surface area contributed by atoms with E-state index in [1.54, 1.807) is 32.4 Å². The van der Waals surface area contributed by atoms with Crippen molar-refractivity contribution in [2.24, 2.45) is 0 Å². The molecule has 284 valence electrons. The van der Waals surface area contributed by atoms with Gasteiger partial charge in [0.25, 0.3) is 11.5 Å². The molecule has 2 heterocycles. The zero-order valence-corrected chi connectivity index (χ0v) is 34.2. The number of carboxylic acids is 1. The van der Waals surface area contributed by atoms with Gasteiger partial charge in [0.15, 0.2) is 0 Å². The minimum Gasteiger partial charge on any atom is -0.550 e. The largest absolute Gasteiger partial charge is 1.00 e. The molecular formula is C41H56FN4NaO6. The molecule has 1 N–H and O–H groups in total. The number of pyridine rings is 2. The van der Waals surface area contributed by atoms with Crippen molar-refractivity contribution < 1.29 is 58.2 Å².